The molecule has 126 valence electrons. The largest absolute Gasteiger partial charge is 0.742 e. The van der Waals surface area contributed by atoms with Gasteiger partial charge in [-0.2, -0.15) is 0 Å². The van der Waals surface area contributed by atoms with Gasteiger partial charge in [0, 0.05) is 13.8 Å². The summed E-state index contributed by atoms with van der Waals surface area (Å²) < 4.78 is 20.8. The molecule has 0 N–H and O–H groups in total. The normalized spacial score (nSPS) is 11.0. The third-order valence-corrected chi connectivity index (χ3v) is 5.12. The van der Waals surface area contributed by atoms with Gasteiger partial charge in [0.1, 0.15) is 6.61 Å². The molecule has 0 fully saturated rings. The van der Waals surface area contributed by atoms with Crippen LogP contribution in [0.25, 0.3) is 0 Å². The zero-order valence-corrected chi connectivity index (χ0v) is 14.5. The molecule has 1 aromatic rings. The van der Waals surface area contributed by atoms with Crippen LogP contribution in [-0.4, -0.2) is 39.4 Å². The minimum atomic E-state index is -4.06. The van der Waals surface area contributed by atoms with Crippen molar-refractivity contribution in [1.82, 2.24) is 0 Å². The van der Waals surface area contributed by atoms with Crippen LogP contribution in [0.2, 0.25) is 0 Å². The van der Waals surface area contributed by atoms with Gasteiger partial charge in [-0.15, -0.1) is 0 Å². The summed E-state index contributed by atoms with van der Waals surface area (Å²) in [6, 6.07) is 8.17. The number of hydrogen-bond donors (Lipinski definition) is 0. The molecule has 0 bridgehead atoms. The van der Waals surface area contributed by atoms with Crippen LogP contribution in [0, 0.1) is 0 Å². The van der Waals surface area contributed by atoms with E-state index in [1.54, 1.807) is 44.2 Å². The van der Waals surface area contributed by atoms with Crippen LogP contribution >= 0.6 is 0 Å². The molecule has 0 aliphatic rings. The van der Waals surface area contributed by atoms with E-state index in [9.17, 15) is 14.4 Å². The van der Waals surface area contributed by atoms with Crippen molar-refractivity contribution in [2.45, 2.75) is 33.8 Å². The second-order valence-electron chi connectivity index (χ2n) is 4.94. The lowest BCUT2D eigenvalue weighted by molar-refractivity contribution is -0.151. The first kappa shape index (κ1) is 18.9. The molecule has 8 heteroatoms. The number of carbonyl (C=O) groups excluding carboxylic acids is 3. The summed E-state index contributed by atoms with van der Waals surface area (Å²) in [6.45, 7) is 5.46. The van der Waals surface area contributed by atoms with Gasteiger partial charge in [0.25, 0.3) is 11.9 Å². The molecule has 0 saturated carbocycles. The van der Waals surface area contributed by atoms with Crippen LogP contribution in [0.3, 0.4) is 0 Å². The minimum Gasteiger partial charge on any atom is -0.452 e. The van der Waals surface area contributed by atoms with Gasteiger partial charge in [0.05, 0.1) is 11.3 Å². The van der Waals surface area contributed by atoms with E-state index >= 15 is 0 Å². The quantitative estimate of drug-likeness (QED) is 0.682. The molecule has 0 saturated heterocycles. The van der Waals surface area contributed by atoms with E-state index in [-0.39, 0.29) is 12.7 Å². The second kappa shape index (κ2) is 8.44. The Bertz CT molecular complexity index is 540. The molecule has 23 heavy (non-hydrogen) atoms. The van der Waals surface area contributed by atoms with Crippen LogP contribution in [0.1, 0.15) is 27.7 Å². The predicted molar refractivity (Wildman–Crippen MR) is 82.5 cm³/mol. The first-order chi connectivity index (χ1) is 10.7. The van der Waals surface area contributed by atoms with Gasteiger partial charge in [0.15, 0.2) is 0 Å². The smallest absolute Gasteiger partial charge is 0.452 e. The van der Waals surface area contributed by atoms with Gasteiger partial charge < -0.3 is 18.0 Å². The number of rotatable bonds is 7. The molecule has 0 spiro atoms. The highest BCUT2D eigenvalue weighted by atomic mass is 28.4. The molecule has 0 aliphatic carbocycles. The molecule has 7 nitrogen and oxygen atoms in total. The van der Waals surface area contributed by atoms with Gasteiger partial charge in [0.2, 0.25) is 0 Å². The Balaban J connectivity index is 3.13. The summed E-state index contributed by atoms with van der Waals surface area (Å²) in [5.41, 5.74) is 0. The number of ether oxygens (including phenoxy) is 1. The highest BCUT2D eigenvalue weighted by molar-refractivity contribution is 6.79. The van der Waals surface area contributed by atoms with E-state index in [1.807, 2.05) is 0 Å². The van der Waals surface area contributed by atoms with E-state index in [2.05, 4.69) is 0 Å². The van der Waals surface area contributed by atoms with Crippen molar-refractivity contribution in [1.29, 1.82) is 0 Å². The van der Waals surface area contributed by atoms with E-state index < -0.39 is 26.7 Å². The molecule has 0 atom stereocenters. The van der Waals surface area contributed by atoms with Gasteiger partial charge in [-0.3, -0.25) is 14.4 Å². The van der Waals surface area contributed by atoms with Crippen molar-refractivity contribution in [3.05, 3.63) is 30.3 Å². The summed E-state index contributed by atoms with van der Waals surface area (Å²) in [7, 11) is -4.06. The van der Waals surface area contributed by atoms with Crippen molar-refractivity contribution >= 4 is 31.9 Å². The Morgan fingerprint density at radius 1 is 0.957 bits per heavy atom. The first-order valence-electron chi connectivity index (χ1n) is 7.03. The topological polar surface area (TPSA) is 88.1 Å². The lowest BCUT2D eigenvalue weighted by Gasteiger charge is -2.26. The maximum absolute atomic E-state index is 12.0. The zero-order valence-electron chi connectivity index (χ0n) is 13.5. The van der Waals surface area contributed by atoms with Crippen molar-refractivity contribution in [2.75, 3.05) is 6.61 Å². The maximum Gasteiger partial charge on any atom is 0.742 e. The highest BCUT2D eigenvalue weighted by Gasteiger charge is 2.55. The van der Waals surface area contributed by atoms with Gasteiger partial charge in [-0.1, -0.05) is 30.3 Å². The summed E-state index contributed by atoms with van der Waals surface area (Å²) in [5, 5.41) is 0.322. The Morgan fingerprint density at radius 3 is 1.91 bits per heavy atom. The maximum atomic E-state index is 12.0. The van der Waals surface area contributed by atoms with Crippen molar-refractivity contribution in [3.63, 3.8) is 0 Å². The molecule has 0 heterocycles. The van der Waals surface area contributed by atoms with Crippen LogP contribution in [-0.2, 0) is 32.4 Å². The third-order valence-electron chi connectivity index (χ3n) is 2.47. The van der Waals surface area contributed by atoms with Gasteiger partial charge in [-0.05, 0) is 13.8 Å². The summed E-state index contributed by atoms with van der Waals surface area (Å²) in [4.78, 5) is 34.9. The summed E-state index contributed by atoms with van der Waals surface area (Å²) in [5.74, 6) is -2.23. The number of carbonyl (C=O) groups is 3. The fraction of sp³-hybridized carbons (Fsp3) is 0.400. The average molecular weight is 340 g/mol. The Kier molecular flexibility index (Phi) is 6.92. The molecule has 1 rings (SSSR count). The monoisotopic (exact) mass is 340 g/mol. The molecule has 0 amide bonds. The molecule has 1 aromatic carbocycles. The second-order valence-corrected chi connectivity index (χ2v) is 7.25. The van der Waals surface area contributed by atoms with Crippen LogP contribution in [0.4, 0.5) is 0 Å². The Morgan fingerprint density at radius 2 is 1.48 bits per heavy atom. The lowest BCUT2D eigenvalue weighted by Crippen LogP contribution is -2.59. The summed E-state index contributed by atoms with van der Waals surface area (Å²) >= 11 is 0. The zero-order chi connectivity index (χ0) is 17.5. The SMILES string of the molecule is CC(=O)O[Si](OC(C)=O)(OC(=O)COC(C)C)c1ccccc1. The average Bonchev–Trinajstić information content (AvgIpc) is 2.44. The molecule has 0 aliphatic heterocycles. The third kappa shape index (κ3) is 6.21. The first-order valence-corrected chi connectivity index (χ1v) is 8.76. The van der Waals surface area contributed by atoms with E-state index in [4.69, 9.17) is 18.0 Å². The van der Waals surface area contributed by atoms with E-state index in [0.717, 1.165) is 13.8 Å². The summed E-state index contributed by atoms with van der Waals surface area (Å²) in [6.07, 6.45) is -0.183. The van der Waals surface area contributed by atoms with Crippen molar-refractivity contribution < 1.29 is 32.4 Å². The van der Waals surface area contributed by atoms with E-state index in [0.29, 0.717) is 5.19 Å². The Labute approximate surface area is 135 Å². The van der Waals surface area contributed by atoms with Gasteiger partial charge >= 0.3 is 14.8 Å². The molecular formula is C15H20O7Si. The molecular weight excluding hydrogens is 320 g/mol. The molecule has 0 unspecified atom stereocenters. The lowest BCUT2D eigenvalue weighted by atomic mass is 10.4. The fourth-order valence-electron chi connectivity index (χ4n) is 1.67. The van der Waals surface area contributed by atoms with E-state index in [1.165, 1.54) is 0 Å². The number of benzene rings is 1. The fourth-order valence-corrected chi connectivity index (χ4v) is 3.87. The molecule has 0 aromatic heterocycles. The van der Waals surface area contributed by atoms with Crippen molar-refractivity contribution in [2.24, 2.45) is 0 Å². The van der Waals surface area contributed by atoms with Crippen molar-refractivity contribution in [3.8, 4) is 0 Å². The van der Waals surface area contributed by atoms with Crippen LogP contribution in [0.5, 0.6) is 0 Å². The highest BCUT2D eigenvalue weighted by Crippen LogP contribution is 2.13. The van der Waals surface area contributed by atoms with Gasteiger partial charge in [-0.25, -0.2) is 0 Å². The standard InChI is InChI=1S/C15H20O7Si/c1-11(2)19-10-15(18)22-23(20-12(3)16,21-13(4)17)14-8-6-5-7-9-14/h5-9,11H,10H2,1-4H3. The molecule has 0 radical (unpaired) electrons. The minimum absolute atomic E-state index is 0.183. The number of hydrogen-bond acceptors (Lipinski definition) is 7. The van der Waals surface area contributed by atoms with Crippen LogP contribution < -0.4 is 5.19 Å². The Hall–Kier alpha value is -2.19. The predicted octanol–water partition coefficient (Wildman–Crippen LogP) is 0.927. The van der Waals surface area contributed by atoms with Crippen LogP contribution in [0.15, 0.2) is 30.3 Å².